The van der Waals surface area contributed by atoms with E-state index in [1.165, 1.54) is 6.07 Å². The molecule has 3 amide bonds. The summed E-state index contributed by atoms with van der Waals surface area (Å²) in [6, 6.07) is 25.7. The van der Waals surface area contributed by atoms with Crippen LogP contribution in [0.2, 0.25) is 0 Å². The number of ether oxygens (including phenoxy) is 2. The van der Waals surface area contributed by atoms with Crippen LogP contribution in [0.3, 0.4) is 0 Å². The van der Waals surface area contributed by atoms with Crippen LogP contribution in [-0.2, 0) is 33.8 Å². The van der Waals surface area contributed by atoms with Crippen molar-refractivity contribution >= 4 is 30.5 Å². The molecule has 252 valence electrons. The van der Waals surface area contributed by atoms with Crippen molar-refractivity contribution in [3.05, 3.63) is 130 Å². The van der Waals surface area contributed by atoms with Crippen LogP contribution in [0.15, 0.2) is 91.0 Å². The van der Waals surface area contributed by atoms with Crippen molar-refractivity contribution in [2.45, 2.75) is 57.8 Å². The fourth-order valence-electron chi connectivity index (χ4n) is 5.47. The lowest BCUT2D eigenvalue weighted by molar-refractivity contribution is -0.123. The molecule has 0 heterocycles. The predicted molar refractivity (Wildman–Crippen MR) is 181 cm³/mol. The fourth-order valence-corrected chi connectivity index (χ4v) is 5.47. The van der Waals surface area contributed by atoms with Gasteiger partial charge in [0.25, 0.3) is 0 Å². The van der Waals surface area contributed by atoms with Crippen LogP contribution in [0.1, 0.15) is 54.5 Å². The van der Waals surface area contributed by atoms with Gasteiger partial charge in [-0.2, -0.15) is 0 Å². The molecule has 48 heavy (non-hydrogen) atoms. The molecule has 1 aliphatic carbocycles. The Morgan fingerprint density at radius 1 is 0.729 bits per heavy atom. The van der Waals surface area contributed by atoms with Crippen LogP contribution in [0.4, 0.5) is 18.4 Å². The summed E-state index contributed by atoms with van der Waals surface area (Å²) in [4.78, 5) is 38.1. The van der Waals surface area contributed by atoms with Gasteiger partial charge in [0.1, 0.15) is 18.2 Å². The van der Waals surface area contributed by atoms with Gasteiger partial charge in [-0.1, -0.05) is 78.9 Å². The summed E-state index contributed by atoms with van der Waals surface area (Å²) in [6.45, 7) is 5.68. The Hall–Kier alpha value is -4.96. The quantitative estimate of drug-likeness (QED) is 0.165. The molecule has 0 unspecified atom stereocenters. The first-order valence-electron chi connectivity index (χ1n) is 15.3. The number of fused-ring (bicyclic) bond motifs is 3. The summed E-state index contributed by atoms with van der Waals surface area (Å²) in [7, 11) is 0. The summed E-state index contributed by atoms with van der Waals surface area (Å²) in [6.07, 6.45) is -1.41. The van der Waals surface area contributed by atoms with E-state index in [0.717, 1.165) is 45.5 Å². The van der Waals surface area contributed by atoms with Crippen molar-refractivity contribution < 1.29 is 32.6 Å². The zero-order chi connectivity index (χ0) is 33.6. The molecule has 0 spiro atoms. The van der Waals surface area contributed by atoms with E-state index in [1.54, 1.807) is 32.9 Å². The number of halogens is 3. The Morgan fingerprint density at radius 2 is 1.27 bits per heavy atom. The van der Waals surface area contributed by atoms with E-state index in [0.29, 0.717) is 5.56 Å². The third-order valence-corrected chi connectivity index (χ3v) is 7.70. The number of carbonyl (C=O) groups excluding carboxylic acids is 3. The van der Waals surface area contributed by atoms with Gasteiger partial charge in [-0.3, -0.25) is 4.79 Å². The first kappa shape index (κ1) is 35.9. The Morgan fingerprint density at radius 3 is 1.83 bits per heavy atom. The second-order valence-corrected chi connectivity index (χ2v) is 12.4. The van der Waals surface area contributed by atoms with E-state index in [-0.39, 0.29) is 44.4 Å². The highest BCUT2D eigenvalue weighted by molar-refractivity contribution is 5.86. The first-order chi connectivity index (χ1) is 22.5. The summed E-state index contributed by atoms with van der Waals surface area (Å²) in [5.74, 6) is -2.61. The van der Waals surface area contributed by atoms with Gasteiger partial charge in [0.15, 0.2) is 11.6 Å². The molecule has 0 fully saturated rings. The second kappa shape index (κ2) is 15.8. The maximum Gasteiger partial charge on any atom is 0.408 e. The monoisotopic (exact) mass is 677 g/mol. The maximum atomic E-state index is 13.8. The van der Waals surface area contributed by atoms with Crippen LogP contribution in [0.5, 0.6) is 0 Å². The second-order valence-electron chi connectivity index (χ2n) is 12.4. The highest BCUT2D eigenvalue weighted by Crippen LogP contribution is 2.44. The molecule has 0 saturated carbocycles. The van der Waals surface area contributed by atoms with E-state index in [1.807, 2.05) is 36.4 Å². The lowest BCUT2D eigenvalue weighted by Crippen LogP contribution is -2.49. The summed E-state index contributed by atoms with van der Waals surface area (Å²) < 4.78 is 38.1. The molecule has 11 heteroatoms. The van der Waals surface area contributed by atoms with Crippen molar-refractivity contribution in [1.29, 1.82) is 0 Å². The lowest BCUT2D eigenvalue weighted by atomic mass is 9.98. The number of amides is 3. The van der Waals surface area contributed by atoms with E-state index >= 15 is 0 Å². The van der Waals surface area contributed by atoms with Gasteiger partial charge in [-0.25, -0.2) is 18.4 Å². The molecule has 1 aliphatic rings. The normalized spacial score (nSPS) is 12.5. The van der Waals surface area contributed by atoms with Crippen molar-refractivity contribution in [3.8, 4) is 11.1 Å². The van der Waals surface area contributed by atoms with Crippen LogP contribution >= 0.6 is 12.4 Å². The molecular weight excluding hydrogens is 640 g/mol. The average Bonchev–Trinajstić information content (AvgIpc) is 3.36. The van der Waals surface area contributed by atoms with Gasteiger partial charge in [0.05, 0.1) is 0 Å². The van der Waals surface area contributed by atoms with Gasteiger partial charge in [-0.05, 0) is 71.8 Å². The number of nitrogens with one attached hydrogen (secondary N) is 3. The molecule has 1 atom stereocenters. The Balaban J connectivity index is 0.00000520. The number of carbonyl (C=O) groups is 3. The molecule has 0 radical (unpaired) electrons. The molecule has 0 aliphatic heterocycles. The molecule has 0 saturated heterocycles. The minimum absolute atomic E-state index is 0. The summed E-state index contributed by atoms with van der Waals surface area (Å²) in [5.41, 5.74) is 5.73. The van der Waals surface area contributed by atoms with E-state index in [4.69, 9.17) is 9.47 Å². The maximum absolute atomic E-state index is 13.8. The first-order valence-corrected chi connectivity index (χ1v) is 15.3. The molecule has 5 rings (SSSR count). The molecular formula is C37H38ClF2N3O5. The minimum atomic E-state index is -1.10. The van der Waals surface area contributed by atoms with Gasteiger partial charge in [-0.15, -0.1) is 12.4 Å². The highest BCUT2D eigenvalue weighted by atomic mass is 35.5. The largest absolute Gasteiger partial charge is 0.449 e. The molecule has 0 bridgehead atoms. The third kappa shape index (κ3) is 9.32. The minimum Gasteiger partial charge on any atom is -0.449 e. The van der Waals surface area contributed by atoms with Gasteiger partial charge in [0.2, 0.25) is 5.91 Å². The van der Waals surface area contributed by atoms with Crippen molar-refractivity contribution in [1.82, 2.24) is 16.0 Å². The van der Waals surface area contributed by atoms with Crippen molar-refractivity contribution in [2.75, 3.05) is 6.61 Å². The molecule has 0 aromatic heterocycles. The predicted octanol–water partition coefficient (Wildman–Crippen LogP) is 7.18. The van der Waals surface area contributed by atoms with Crippen LogP contribution in [-0.4, -0.2) is 36.3 Å². The van der Waals surface area contributed by atoms with Gasteiger partial charge < -0.3 is 25.4 Å². The SMILES string of the molecule is CC(C)(C)OC(=O)N[C@@H](Cc1ccc(F)c(F)c1)C(=O)NCc1ccc(CNC(=O)OCC2c3ccccc3-c3ccccc32)cc1.Cl. The van der Waals surface area contributed by atoms with Crippen molar-refractivity contribution in [2.24, 2.45) is 0 Å². The smallest absolute Gasteiger partial charge is 0.408 e. The van der Waals surface area contributed by atoms with Crippen LogP contribution in [0.25, 0.3) is 11.1 Å². The number of alkyl carbamates (subject to hydrolysis) is 2. The van der Waals surface area contributed by atoms with Gasteiger partial charge >= 0.3 is 12.2 Å². The molecule has 4 aromatic carbocycles. The molecule has 8 nitrogen and oxygen atoms in total. The number of hydrogen-bond donors (Lipinski definition) is 3. The van der Waals surface area contributed by atoms with Crippen LogP contribution in [0, 0.1) is 11.6 Å². The van der Waals surface area contributed by atoms with E-state index in [9.17, 15) is 23.2 Å². The zero-order valence-corrected chi connectivity index (χ0v) is 27.7. The zero-order valence-electron chi connectivity index (χ0n) is 26.8. The lowest BCUT2D eigenvalue weighted by Gasteiger charge is -2.23. The van der Waals surface area contributed by atoms with Crippen LogP contribution < -0.4 is 16.0 Å². The fraction of sp³-hybridized carbons (Fsp3) is 0.270. The Labute approximate surface area is 284 Å². The number of rotatable bonds is 10. The summed E-state index contributed by atoms with van der Waals surface area (Å²) in [5, 5.41) is 8.09. The Bertz CT molecular complexity index is 1720. The number of hydrogen-bond acceptors (Lipinski definition) is 5. The standard InChI is InChI=1S/C37H37F2N3O5.ClH/c1-37(2,3)47-36(45)42-33(19-25-16-17-31(38)32(39)18-25)34(43)40-20-23-12-14-24(15-13-23)21-41-35(44)46-22-30-28-10-6-4-8-26(28)27-9-5-7-11-29(27)30;/h4-18,30,33H,19-22H2,1-3H3,(H,40,43)(H,41,44)(H,42,45);1H/t33-;/m0./s1. The summed E-state index contributed by atoms with van der Waals surface area (Å²) >= 11 is 0. The van der Waals surface area contributed by atoms with E-state index < -0.39 is 41.4 Å². The number of benzene rings is 4. The van der Waals surface area contributed by atoms with E-state index in [2.05, 4.69) is 40.2 Å². The van der Waals surface area contributed by atoms with Gasteiger partial charge in [0, 0.05) is 25.4 Å². The van der Waals surface area contributed by atoms with Crippen molar-refractivity contribution in [3.63, 3.8) is 0 Å². The average molecular weight is 678 g/mol. The topological polar surface area (TPSA) is 106 Å². The molecule has 3 N–H and O–H groups in total. The third-order valence-electron chi connectivity index (χ3n) is 7.70. The Kier molecular flexibility index (Phi) is 11.8. The highest BCUT2D eigenvalue weighted by Gasteiger charge is 2.29. The molecule has 4 aromatic rings.